The summed E-state index contributed by atoms with van der Waals surface area (Å²) in [7, 11) is 1.96. The van der Waals surface area contributed by atoms with E-state index in [1.165, 1.54) is 11.3 Å². The van der Waals surface area contributed by atoms with Crippen LogP contribution in [0.15, 0.2) is 0 Å². The highest BCUT2D eigenvalue weighted by Crippen LogP contribution is 2.14. The fourth-order valence-corrected chi connectivity index (χ4v) is 3.73. The van der Waals surface area contributed by atoms with E-state index >= 15 is 0 Å². The zero-order valence-electron chi connectivity index (χ0n) is 13.8. The number of amides is 1. The van der Waals surface area contributed by atoms with Gasteiger partial charge in [-0.05, 0) is 32.8 Å². The molecule has 0 saturated carbocycles. The Labute approximate surface area is 143 Å². The van der Waals surface area contributed by atoms with E-state index in [-0.39, 0.29) is 24.4 Å². The van der Waals surface area contributed by atoms with E-state index < -0.39 is 0 Å². The standard InChI is InChI=1S/C15H26N4OS.ClH/c1-10(7-14-11(2)18-19(4)12(14)3)17-15(20)8-13-9-21-6-5-16-13;/h10,13,16H,5-9H2,1-4H3,(H,17,20);1H. The average Bonchev–Trinajstić information content (AvgIpc) is 2.66. The van der Waals surface area contributed by atoms with Gasteiger partial charge in [-0.1, -0.05) is 0 Å². The number of aromatic nitrogens is 2. The predicted molar refractivity (Wildman–Crippen MR) is 95.0 cm³/mol. The Balaban J connectivity index is 0.00000242. The molecular weight excluding hydrogens is 320 g/mol. The molecule has 5 nitrogen and oxygen atoms in total. The summed E-state index contributed by atoms with van der Waals surface area (Å²) in [5.41, 5.74) is 3.48. The SMILES string of the molecule is Cc1nn(C)c(C)c1CC(C)NC(=O)CC1CSCCN1.Cl. The van der Waals surface area contributed by atoms with Gasteiger partial charge in [0.25, 0.3) is 0 Å². The number of thioether (sulfide) groups is 1. The number of carbonyl (C=O) groups is 1. The van der Waals surface area contributed by atoms with Crippen LogP contribution >= 0.6 is 24.2 Å². The molecule has 1 aliphatic rings. The zero-order chi connectivity index (χ0) is 15.4. The molecule has 2 atom stereocenters. The Bertz CT molecular complexity index is 500. The van der Waals surface area contributed by atoms with Crippen LogP contribution in [0.1, 0.15) is 30.3 Å². The van der Waals surface area contributed by atoms with E-state index in [4.69, 9.17) is 0 Å². The van der Waals surface area contributed by atoms with E-state index in [0.717, 1.165) is 30.2 Å². The molecule has 7 heteroatoms. The number of hydrogen-bond acceptors (Lipinski definition) is 4. The van der Waals surface area contributed by atoms with E-state index in [9.17, 15) is 4.79 Å². The molecular formula is C15H27ClN4OS. The maximum absolute atomic E-state index is 12.1. The lowest BCUT2D eigenvalue weighted by molar-refractivity contribution is -0.122. The van der Waals surface area contributed by atoms with Gasteiger partial charge in [0.1, 0.15) is 0 Å². The van der Waals surface area contributed by atoms with Crippen molar-refractivity contribution in [3.8, 4) is 0 Å². The van der Waals surface area contributed by atoms with Crippen LogP contribution in [0.25, 0.3) is 0 Å². The number of rotatable bonds is 5. The second kappa shape index (κ2) is 8.79. The summed E-state index contributed by atoms with van der Waals surface area (Å²) >= 11 is 1.92. The molecule has 1 fully saturated rings. The maximum Gasteiger partial charge on any atom is 0.221 e. The smallest absolute Gasteiger partial charge is 0.221 e. The molecule has 2 unspecified atom stereocenters. The highest BCUT2D eigenvalue weighted by Gasteiger charge is 2.19. The van der Waals surface area contributed by atoms with Crippen LogP contribution in [0.2, 0.25) is 0 Å². The third-order valence-electron chi connectivity index (χ3n) is 4.01. The van der Waals surface area contributed by atoms with Crippen molar-refractivity contribution in [1.82, 2.24) is 20.4 Å². The number of nitrogens with zero attached hydrogens (tertiary/aromatic N) is 2. The molecule has 0 aromatic carbocycles. The summed E-state index contributed by atoms with van der Waals surface area (Å²) in [6, 6.07) is 0.452. The van der Waals surface area contributed by atoms with Crippen LogP contribution in [-0.2, 0) is 18.3 Å². The molecule has 0 spiro atoms. The van der Waals surface area contributed by atoms with Crippen molar-refractivity contribution in [2.24, 2.45) is 7.05 Å². The first-order chi connectivity index (χ1) is 9.97. The van der Waals surface area contributed by atoms with Crippen molar-refractivity contribution in [2.45, 2.75) is 45.7 Å². The van der Waals surface area contributed by atoms with Crippen LogP contribution in [-0.4, -0.2) is 45.8 Å². The molecule has 1 amide bonds. The van der Waals surface area contributed by atoms with Gasteiger partial charge in [0.2, 0.25) is 5.91 Å². The molecule has 1 saturated heterocycles. The van der Waals surface area contributed by atoms with Gasteiger partial charge in [-0.15, -0.1) is 12.4 Å². The van der Waals surface area contributed by atoms with Crippen molar-refractivity contribution in [3.63, 3.8) is 0 Å². The Morgan fingerprint density at radius 3 is 2.82 bits per heavy atom. The Morgan fingerprint density at radius 1 is 1.55 bits per heavy atom. The maximum atomic E-state index is 12.1. The second-order valence-electron chi connectivity index (χ2n) is 5.88. The molecule has 0 aliphatic carbocycles. The molecule has 1 aromatic heterocycles. The van der Waals surface area contributed by atoms with Crippen LogP contribution in [0.3, 0.4) is 0 Å². The molecule has 1 aromatic rings. The highest BCUT2D eigenvalue weighted by molar-refractivity contribution is 7.99. The van der Waals surface area contributed by atoms with Crippen molar-refractivity contribution < 1.29 is 4.79 Å². The van der Waals surface area contributed by atoms with Crippen LogP contribution in [0.4, 0.5) is 0 Å². The van der Waals surface area contributed by atoms with E-state index in [0.29, 0.717) is 12.5 Å². The van der Waals surface area contributed by atoms with Gasteiger partial charge in [0.15, 0.2) is 0 Å². The number of halogens is 1. The fourth-order valence-electron chi connectivity index (χ4n) is 2.78. The second-order valence-corrected chi connectivity index (χ2v) is 7.03. The van der Waals surface area contributed by atoms with Gasteiger partial charge in [0.05, 0.1) is 5.69 Å². The molecule has 22 heavy (non-hydrogen) atoms. The highest BCUT2D eigenvalue weighted by atomic mass is 35.5. The number of carbonyl (C=O) groups excluding carboxylic acids is 1. The largest absolute Gasteiger partial charge is 0.353 e. The number of nitrogens with one attached hydrogen (secondary N) is 2. The first-order valence-corrected chi connectivity index (χ1v) is 8.72. The Morgan fingerprint density at radius 2 is 2.27 bits per heavy atom. The summed E-state index contributed by atoms with van der Waals surface area (Å²) in [6.45, 7) is 7.17. The number of aryl methyl sites for hydroxylation is 2. The minimum Gasteiger partial charge on any atom is -0.353 e. The summed E-state index contributed by atoms with van der Waals surface area (Å²) in [5.74, 6) is 2.32. The van der Waals surface area contributed by atoms with Crippen molar-refractivity contribution >= 4 is 30.1 Å². The van der Waals surface area contributed by atoms with Gasteiger partial charge in [-0.2, -0.15) is 16.9 Å². The van der Waals surface area contributed by atoms with Gasteiger partial charge in [-0.25, -0.2) is 0 Å². The quantitative estimate of drug-likeness (QED) is 0.850. The first-order valence-electron chi connectivity index (χ1n) is 7.57. The first kappa shape index (κ1) is 19.3. The summed E-state index contributed by atoms with van der Waals surface area (Å²) in [4.78, 5) is 12.1. The normalized spacial score (nSPS) is 19.4. The Hall–Kier alpha value is -0.720. The van der Waals surface area contributed by atoms with E-state index in [2.05, 4.69) is 29.6 Å². The lowest BCUT2D eigenvalue weighted by Crippen LogP contribution is -2.43. The molecule has 0 radical (unpaired) electrons. The van der Waals surface area contributed by atoms with Gasteiger partial charge in [-0.3, -0.25) is 9.48 Å². The minimum atomic E-state index is 0. The van der Waals surface area contributed by atoms with Crippen LogP contribution in [0, 0.1) is 13.8 Å². The predicted octanol–water partition coefficient (Wildman–Crippen LogP) is 1.60. The summed E-state index contributed by atoms with van der Waals surface area (Å²) in [6.07, 6.45) is 1.41. The number of hydrogen-bond donors (Lipinski definition) is 2. The monoisotopic (exact) mass is 346 g/mol. The van der Waals surface area contributed by atoms with Crippen molar-refractivity contribution in [1.29, 1.82) is 0 Å². The molecule has 2 heterocycles. The third-order valence-corrected chi connectivity index (χ3v) is 5.14. The fraction of sp³-hybridized carbons (Fsp3) is 0.733. The molecule has 1 aliphatic heterocycles. The lowest BCUT2D eigenvalue weighted by atomic mass is 10.0. The Kier molecular flexibility index (Phi) is 7.72. The van der Waals surface area contributed by atoms with Gasteiger partial charge < -0.3 is 10.6 Å². The van der Waals surface area contributed by atoms with Crippen molar-refractivity contribution in [2.75, 3.05) is 18.1 Å². The topological polar surface area (TPSA) is 59.0 Å². The lowest BCUT2D eigenvalue weighted by Gasteiger charge is -2.23. The third kappa shape index (κ3) is 5.18. The van der Waals surface area contributed by atoms with Crippen molar-refractivity contribution in [3.05, 3.63) is 17.0 Å². The average molecular weight is 347 g/mol. The minimum absolute atomic E-state index is 0. The van der Waals surface area contributed by atoms with Crippen LogP contribution in [0.5, 0.6) is 0 Å². The molecule has 2 N–H and O–H groups in total. The van der Waals surface area contributed by atoms with Gasteiger partial charge >= 0.3 is 0 Å². The summed E-state index contributed by atoms with van der Waals surface area (Å²) in [5, 5.41) is 10.9. The molecule has 0 bridgehead atoms. The van der Waals surface area contributed by atoms with E-state index in [1.807, 2.05) is 30.4 Å². The van der Waals surface area contributed by atoms with Crippen LogP contribution < -0.4 is 10.6 Å². The van der Waals surface area contributed by atoms with Gasteiger partial charge in [0, 0.05) is 49.3 Å². The molecule has 126 valence electrons. The molecule has 2 rings (SSSR count). The summed E-state index contributed by atoms with van der Waals surface area (Å²) < 4.78 is 1.91. The zero-order valence-corrected chi connectivity index (χ0v) is 15.4. The van der Waals surface area contributed by atoms with E-state index in [1.54, 1.807) is 0 Å².